The number of carbonyl (C=O) groups excluding carboxylic acids is 2. The highest BCUT2D eigenvalue weighted by atomic mass is 35.5. The maximum absolute atomic E-state index is 12.9. The third kappa shape index (κ3) is 11.3. The fraction of sp³-hybridized carbons (Fsp3) is 0.471. The normalized spacial score (nSPS) is 21.4. The number of hydrogen-bond acceptors (Lipinski definition) is 16. The molecule has 0 radical (unpaired) electrons. The van der Waals surface area contributed by atoms with Crippen LogP contribution in [0.15, 0.2) is 92.0 Å². The van der Waals surface area contributed by atoms with Crippen LogP contribution in [0.25, 0.3) is 21.5 Å². The van der Waals surface area contributed by atoms with E-state index in [9.17, 15) is 20.1 Å². The van der Waals surface area contributed by atoms with Crippen LogP contribution in [0.5, 0.6) is 12.0 Å². The fourth-order valence-corrected chi connectivity index (χ4v) is 15.2. The highest BCUT2D eigenvalue weighted by Crippen LogP contribution is 2.50. The van der Waals surface area contributed by atoms with E-state index < -0.39 is 0 Å². The minimum absolute atomic E-state index is 0.0243. The number of nitrogens with zero attached hydrogens (tertiary/aromatic N) is 14. The number of rotatable bonds is 19. The summed E-state index contributed by atoms with van der Waals surface area (Å²) in [6.45, 7) is 20.2. The zero-order chi connectivity index (χ0) is 60.3. The molecule has 2 aromatic heterocycles. The number of fused-ring (bicyclic) bond motifs is 4. The molecule has 20 heteroatoms. The first-order valence-electron chi connectivity index (χ1n) is 31.4. The molecule has 88 heavy (non-hydrogen) atoms. The van der Waals surface area contributed by atoms with Crippen molar-refractivity contribution in [2.75, 3.05) is 124 Å². The van der Waals surface area contributed by atoms with Crippen LogP contribution in [0, 0.1) is 33.5 Å². The van der Waals surface area contributed by atoms with E-state index in [4.69, 9.17) is 52.6 Å². The van der Waals surface area contributed by atoms with Crippen molar-refractivity contribution in [3.63, 3.8) is 0 Å². The van der Waals surface area contributed by atoms with Gasteiger partial charge in [0.15, 0.2) is 0 Å². The quantitative estimate of drug-likeness (QED) is 0.0700. The second-order valence-electron chi connectivity index (χ2n) is 25.8. The Morgan fingerprint density at radius 3 is 1.61 bits per heavy atom. The number of carbonyl (C=O) groups is 2. The Hall–Kier alpha value is -7.74. The Morgan fingerprint density at radius 1 is 0.591 bits per heavy atom. The zero-order valence-electron chi connectivity index (χ0n) is 49.9. The molecule has 6 fully saturated rings. The molecule has 8 aliphatic rings. The second kappa shape index (κ2) is 24.0. The molecule has 6 aromatic rings. The number of aromatic nitrogens is 4. The largest absolute Gasteiger partial charge is 0.463 e. The van der Waals surface area contributed by atoms with Gasteiger partial charge in [-0.2, -0.15) is 30.5 Å². The second-order valence-corrected chi connectivity index (χ2v) is 26.6. The van der Waals surface area contributed by atoms with Gasteiger partial charge in [0.1, 0.15) is 11.6 Å². The lowest BCUT2D eigenvalue weighted by molar-refractivity contribution is -0.129. The SMILES string of the molecule is C=CC(=O)N1CCN(c2nc(OCC3(CN4CC(c5ccc(Cl)c6c(N7CCc8c(nc(OCC9(CN%10CCC%10)CC9)nc8N8CCN(C(=O)C=C)[C@@H](CC#N)C8)C7)cccc56)C4)CC3)nc3c2CCN(c2cccc4cccc(Cl)c24)C3)CC1CC#N. The molecule has 8 heterocycles. The molecule has 2 atom stereocenters. The van der Waals surface area contributed by atoms with Crippen LogP contribution >= 0.6 is 23.2 Å². The number of halogens is 2. The van der Waals surface area contributed by atoms with E-state index in [0.29, 0.717) is 101 Å². The maximum atomic E-state index is 12.9. The van der Waals surface area contributed by atoms with Gasteiger partial charge in [-0.1, -0.05) is 78.8 Å². The summed E-state index contributed by atoms with van der Waals surface area (Å²) < 4.78 is 13.4. The van der Waals surface area contributed by atoms with Gasteiger partial charge >= 0.3 is 12.0 Å². The summed E-state index contributed by atoms with van der Waals surface area (Å²) in [4.78, 5) is 64.4. The summed E-state index contributed by atoms with van der Waals surface area (Å²) in [6.07, 6.45) is 10.1. The van der Waals surface area contributed by atoms with Crippen molar-refractivity contribution in [1.82, 2.24) is 39.5 Å². The highest BCUT2D eigenvalue weighted by Gasteiger charge is 2.48. The topological polar surface area (TPSA) is 178 Å². The van der Waals surface area contributed by atoms with Gasteiger partial charge in [-0.15, -0.1) is 0 Å². The van der Waals surface area contributed by atoms with Gasteiger partial charge in [0, 0.05) is 129 Å². The molecule has 2 saturated carbocycles. The van der Waals surface area contributed by atoms with Gasteiger partial charge in [-0.3, -0.25) is 9.59 Å². The standard InChI is InChI=1S/C68H74Cl2N14O4/c1-3-59(85)83-33-31-81(37-47(83)17-25-71)63-51-19-29-79(57-13-6-10-45-9-5-12-53(69)61(45)57)39-55(51)73-66(76-63)88-44-68(23-24-68)42-78-35-46(36-78)49-15-16-54(70)62-50(49)11-7-14-58(62)80-30-20-52-56(40-80)74-65(87-43-67(21-22-67)41-77-27-8-28-77)75-64(52)82-32-34-84(60(86)4-2)48(38-82)18-26-72/h3-7,9-16,46-48H,1-2,8,17-24,27-44H2/t47?,48-/m0/s1. The average Bonchev–Trinajstić information content (AvgIpc) is 2.46. The van der Waals surface area contributed by atoms with E-state index in [1.165, 1.54) is 29.5 Å². The van der Waals surface area contributed by atoms with Crippen molar-refractivity contribution in [3.05, 3.63) is 130 Å². The van der Waals surface area contributed by atoms with E-state index in [2.05, 4.69) is 109 Å². The molecular weight excluding hydrogens is 1150 g/mol. The van der Waals surface area contributed by atoms with Gasteiger partial charge in [0.25, 0.3) is 0 Å². The molecule has 0 spiro atoms. The summed E-state index contributed by atoms with van der Waals surface area (Å²) in [5, 5.41) is 25.4. The highest BCUT2D eigenvalue weighted by molar-refractivity contribution is 6.37. The Labute approximate surface area is 524 Å². The first kappa shape index (κ1) is 58.0. The van der Waals surface area contributed by atoms with Crippen LogP contribution in [0.4, 0.5) is 23.0 Å². The summed E-state index contributed by atoms with van der Waals surface area (Å²) in [6, 6.07) is 27.9. The van der Waals surface area contributed by atoms with Crippen molar-refractivity contribution in [3.8, 4) is 24.2 Å². The van der Waals surface area contributed by atoms with E-state index in [1.807, 2.05) is 12.1 Å². The number of piperazine rings is 2. The summed E-state index contributed by atoms with van der Waals surface area (Å²) in [5.41, 5.74) is 7.52. The Bertz CT molecular complexity index is 3830. The van der Waals surface area contributed by atoms with Crippen LogP contribution in [0.3, 0.4) is 0 Å². The fourth-order valence-electron chi connectivity index (χ4n) is 14.7. The minimum Gasteiger partial charge on any atom is -0.463 e. The number of likely N-dealkylation sites (tertiary alicyclic amines) is 2. The number of nitriles is 2. The minimum atomic E-state index is -0.306. The molecule has 4 saturated heterocycles. The van der Waals surface area contributed by atoms with Crippen molar-refractivity contribution in [1.29, 1.82) is 10.5 Å². The predicted octanol–water partition coefficient (Wildman–Crippen LogP) is 9.36. The predicted molar refractivity (Wildman–Crippen MR) is 342 cm³/mol. The average molecular weight is 1220 g/mol. The van der Waals surface area contributed by atoms with Gasteiger partial charge in [-0.05, 0) is 111 Å². The van der Waals surface area contributed by atoms with Gasteiger partial charge in [0.05, 0.1) is 84.8 Å². The zero-order valence-corrected chi connectivity index (χ0v) is 51.4. The lowest BCUT2D eigenvalue weighted by atomic mass is 9.86. The first-order chi connectivity index (χ1) is 42.9. The Balaban J connectivity index is 0.680. The number of anilines is 4. The molecule has 2 amide bonds. The van der Waals surface area contributed by atoms with Crippen LogP contribution in [-0.4, -0.2) is 168 Å². The molecule has 1 unspecified atom stereocenters. The molecule has 14 rings (SSSR count). The monoisotopic (exact) mass is 1220 g/mol. The molecule has 4 aromatic carbocycles. The van der Waals surface area contributed by atoms with Gasteiger partial charge in [-0.25, -0.2) is 0 Å². The molecule has 2 aliphatic carbocycles. The molecule has 0 bridgehead atoms. The van der Waals surface area contributed by atoms with Crippen molar-refractivity contribution in [2.24, 2.45) is 10.8 Å². The number of benzene rings is 4. The summed E-state index contributed by atoms with van der Waals surface area (Å²) in [7, 11) is 0. The third-order valence-electron chi connectivity index (χ3n) is 20.1. The molecule has 0 N–H and O–H groups in total. The molecular formula is C68H74Cl2N14O4. The number of hydrogen-bond donors (Lipinski definition) is 0. The van der Waals surface area contributed by atoms with Gasteiger partial charge in [0.2, 0.25) is 11.8 Å². The van der Waals surface area contributed by atoms with Crippen LogP contribution in [-0.2, 0) is 35.5 Å². The summed E-state index contributed by atoms with van der Waals surface area (Å²) >= 11 is 14.2. The van der Waals surface area contributed by atoms with Crippen LogP contribution in [0.2, 0.25) is 10.0 Å². The van der Waals surface area contributed by atoms with Crippen molar-refractivity contribution in [2.45, 2.75) is 88.9 Å². The van der Waals surface area contributed by atoms with Crippen LogP contribution in [0.1, 0.15) is 78.9 Å². The third-order valence-corrected chi connectivity index (χ3v) is 20.7. The van der Waals surface area contributed by atoms with E-state index >= 15 is 0 Å². The van der Waals surface area contributed by atoms with E-state index in [0.717, 1.165) is 145 Å². The number of amides is 2. The lowest BCUT2D eigenvalue weighted by Crippen LogP contribution is -2.55. The van der Waals surface area contributed by atoms with Crippen molar-refractivity contribution >= 4 is 79.6 Å². The molecule has 454 valence electrons. The number of ether oxygens (including phenoxy) is 2. The Morgan fingerprint density at radius 2 is 1.10 bits per heavy atom. The maximum Gasteiger partial charge on any atom is 0.318 e. The van der Waals surface area contributed by atoms with E-state index in [1.54, 1.807) is 9.80 Å². The smallest absolute Gasteiger partial charge is 0.318 e. The lowest BCUT2D eigenvalue weighted by Gasteiger charge is -2.42. The summed E-state index contributed by atoms with van der Waals surface area (Å²) in [5.74, 6) is 1.65. The van der Waals surface area contributed by atoms with Crippen molar-refractivity contribution < 1.29 is 19.1 Å². The van der Waals surface area contributed by atoms with Crippen LogP contribution < -0.4 is 29.1 Å². The van der Waals surface area contributed by atoms with Gasteiger partial charge < -0.3 is 48.7 Å². The molecule has 18 nitrogen and oxygen atoms in total. The first-order valence-corrected chi connectivity index (χ1v) is 32.2. The molecule has 6 aliphatic heterocycles. The Kier molecular flexibility index (Phi) is 15.8. The van der Waals surface area contributed by atoms with E-state index in [-0.39, 0.29) is 47.6 Å².